The summed E-state index contributed by atoms with van der Waals surface area (Å²) < 4.78 is 5.13. The van der Waals surface area contributed by atoms with Gasteiger partial charge in [0.25, 0.3) is 5.56 Å². The maximum Gasteiger partial charge on any atom is 0.251 e. The number of benzene rings is 2. The van der Waals surface area contributed by atoms with Crippen molar-refractivity contribution >= 4 is 16.8 Å². The fourth-order valence-corrected chi connectivity index (χ4v) is 2.86. The molecular weight excluding hydrogens is 328 g/mol. The lowest BCUT2D eigenvalue weighted by Crippen LogP contribution is -2.27. The average molecular weight is 350 g/mol. The van der Waals surface area contributed by atoms with Gasteiger partial charge in [-0.2, -0.15) is 0 Å². The molecule has 5 heteroatoms. The van der Waals surface area contributed by atoms with Crippen LogP contribution in [0.5, 0.6) is 5.75 Å². The molecule has 3 rings (SSSR count). The summed E-state index contributed by atoms with van der Waals surface area (Å²) in [6.07, 6.45) is 1.09. The van der Waals surface area contributed by atoms with Crippen molar-refractivity contribution in [3.63, 3.8) is 0 Å². The molecule has 2 aromatic carbocycles. The second-order valence-corrected chi connectivity index (χ2v) is 6.33. The van der Waals surface area contributed by atoms with E-state index in [1.807, 2.05) is 48.5 Å². The van der Waals surface area contributed by atoms with Crippen molar-refractivity contribution in [2.24, 2.45) is 0 Å². The molecule has 0 radical (unpaired) electrons. The van der Waals surface area contributed by atoms with Gasteiger partial charge in [-0.05, 0) is 60.2 Å². The largest absolute Gasteiger partial charge is 0.497 e. The summed E-state index contributed by atoms with van der Waals surface area (Å²) in [5, 5.41) is 3.88. The molecule has 0 aliphatic rings. The molecule has 0 aliphatic carbocycles. The van der Waals surface area contributed by atoms with Gasteiger partial charge in [0.15, 0.2) is 0 Å². The first-order valence-corrected chi connectivity index (χ1v) is 8.57. The minimum atomic E-state index is -0.0819. The Morgan fingerprint density at radius 2 is 1.81 bits per heavy atom. The van der Waals surface area contributed by atoms with Gasteiger partial charge in [-0.3, -0.25) is 9.59 Å². The predicted molar refractivity (Wildman–Crippen MR) is 103 cm³/mol. The zero-order valence-electron chi connectivity index (χ0n) is 15.0. The van der Waals surface area contributed by atoms with Crippen LogP contribution >= 0.6 is 0 Å². The number of ether oxygens (including phenoxy) is 1. The zero-order chi connectivity index (χ0) is 18.5. The number of amides is 1. The van der Waals surface area contributed by atoms with Crippen molar-refractivity contribution in [1.82, 2.24) is 10.3 Å². The fraction of sp³-hybridized carbons (Fsp3) is 0.238. The molecule has 0 spiro atoms. The molecule has 0 atom stereocenters. The number of aryl methyl sites for hydroxylation is 1. The molecule has 2 N–H and O–H groups in total. The number of aromatic amines is 1. The fourth-order valence-electron chi connectivity index (χ4n) is 2.86. The number of nitrogens with one attached hydrogen (secondary N) is 2. The van der Waals surface area contributed by atoms with Crippen LogP contribution in [-0.2, 0) is 17.6 Å². The third-order valence-corrected chi connectivity index (χ3v) is 4.35. The van der Waals surface area contributed by atoms with E-state index in [0.717, 1.165) is 34.2 Å². The molecule has 0 fully saturated rings. The first-order valence-electron chi connectivity index (χ1n) is 8.57. The van der Waals surface area contributed by atoms with Crippen molar-refractivity contribution in [1.29, 1.82) is 0 Å². The first kappa shape index (κ1) is 17.7. The van der Waals surface area contributed by atoms with E-state index in [9.17, 15) is 9.59 Å². The van der Waals surface area contributed by atoms with Gasteiger partial charge >= 0.3 is 0 Å². The number of hydrogen-bond acceptors (Lipinski definition) is 3. The summed E-state index contributed by atoms with van der Waals surface area (Å²) in [5.74, 6) is 0.810. The van der Waals surface area contributed by atoms with Gasteiger partial charge in [0, 0.05) is 17.6 Å². The van der Waals surface area contributed by atoms with E-state index in [4.69, 9.17) is 4.74 Å². The normalized spacial score (nSPS) is 10.7. The number of fused-ring (bicyclic) bond motifs is 1. The van der Waals surface area contributed by atoms with Gasteiger partial charge in [0.2, 0.25) is 5.91 Å². The molecule has 0 saturated heterocycles. The standard InChI is InChI=1S/C21H22N2O3/c1-14-11-17-12-16(5-8-19(17)23-21(14)25)13-20(24)22-10-9-15-3-6-18(26-2)7-4-15/h3-8,11-12H,9-10,13H2,1-2H3,(H,22,24)(H,23,25). The average Bonchev–Trinajstić information content (AvgIpc) is 2.63. The van der Waals surface area contributed by atoms with E-state index in [1.165, 1.54) is 0 Å². The molecule has 0 aliphatic heterocycles. The van der Waals surface area contributed by atoms with Crippen LogP contribution in [0.4, 0.5) is 0 Å². The Morgan fingerprint density at radius 3 is 2.54 bits per heavy atom. The summed E-state index contributed by atoms with van der Waals surface area (Å²) in [6, 6.07) is 15.3. The number of rotatable bonds is 6. The third kappa shape index (κ3) is 4.30. The molecule has 1 amide bonds. The highest BCUT2D eigenvalue weighted by molar-refractivity contribution is 5.83. The third-order valence-electron chi connectivity index (χ3n) is 4.35. The Balaban J connectivity index is 1.56. The smallest absolute Gasteiger partial charge is 0.251 e. The van der Waals surface area contributed by atoms with Crippen molar-refractivity contribution in [2.45, 2.75) is 19.8 Å². The maximum absolute atomic E-state index is 12.2. The Labute approximate surface area is 152 Å². The summed E-state index contributed by atoms with van der Waals surface area (Å²) >= 11 is 0. The lowest BCUT2D eigenvalue weighted by Gasteiger charge is -2.07. The minimum absolute atomic E-state index is 0.0148. The molecule has 1 aromatic heterocycles. The number of H-pyrrole nitrogens is 1. The molecule has 134 valence electrons. The highest BCUT2D eigenvalue weighted by Gasteiger charge is 2.06. The van der Waals surface area contributed by atoms with Gasteiger partial charge in [-0.25, -0.2) is 0 Å². The first-order chi connectivity index (χ1) is 12.5. The number of methoxy groups -OCH3 is 1. The summed E-state index contributed by atoms with van der Waals surface area (Å²) in [5.41, 5.74) is 3.44. The van der Waals surface area contributed by atoms with Crippen molar-refractivity contribution in [2.75, 3.05) is 13.7 Å². The summed E-state index contributed by atoms with van der Waals surface area (Å²) in [4.78, 5) is 26.6. The van der Waals surface area contributed by atoms with Crippen LogP contribution in [0.3, 0.4) is 0 Å². The Hall–Kier alpha value is -3.08. The second kappa shape index (κ2) is 7.87. The van der Waals surface area contributed by atoms with Crippen molar-refractivity contribution < 1.29 is 9.53 Å². The van der Waals surface area contributed by atoms with Crippen LogP contribution in [0, 0.1) is 6.92 Å². The number of carbonyl (C=O) groups is 1. The molecular formula is C21H22N2O3. The van der Waals surface area contributed by atoms with Crippen LogP contribution in [-0.4, -0.2) is 24.5 Å². The molecule has 26 heavy (non-hydrogen) atoms. The molecule has 3 aromatic rings. The second-order valence-electron chi connectivity index (χ2n) is 6.33. The number of aromatic nitrogens is 1. The Bertz CT molecular complexity index is 975. The van der Waals surface area contributed by atoms with Crippen LogP contribution in [0.15, 0.2) is 53.3 Å². The molecule has 5 nitrogen and oxygen atoms in total. The van der Waals surface area contributed by atoms with Gasteiger partial charge < -0.3 is 15.0 Å². The highest BCUT2D eigenvalue weighted by atomic mass is 16.5. The van der Waals surface area contributed by atoms with Crippen LogP contribution in [0.1, 0.15) is 16.7 Å². The number of hydrogen-bond donors (Lipinski definition) is 2. The summed E-state index contributed by atoms with van der Waals surface area (Å²) in [7, 11) is 1.64. The van der Waals surface area contributed by atoms with Gasteiger partial charge in [-0.15, -0.1) is 0 Å². The van der Waals surface area contributed by atoms with E-state index in [-0.39, 0.29) is 11.5 Å². The van der Waals surface area contributed by atoms with E-state index >= 15 is 0 Å². The molecule has 1 heterocycles. The van der Waals surface area contributed by atoms with Gasteiger partial charge in [-0.1, -0.05) is 18.2 Å². The Kier molecular flexibility index (Phi) is 5.37. The lowest BCUT2D eigenvalue weighted by atomic mass is 10.1. The van der Waals surface area contributed by atoms with Gasteiger partial charge in [0.05, 0.1) is 13.5 Å². The highest BCUT2D eigenvalue weighted by Crippen LogP contribution is 2.14. The minimum Gasteiger partial charge on any atom is -0.497 e. The molecule has 0 saturated carbocycles. The van der Waals surface area contributed by atoms with Crippen LogP contribution < -0.4 is 15.6 Å². The quantitative estimate of drug-likeness (QED) is 0.718. The number of pyridine rings is 1. The van der Waals surface area contributed by atoms with E-state index in [0.29, 0.717) is 18.5 Å². The maximum atomic E-state index is 12.2. The lowest BCUT2D eigenvalue weighted by molar-refractivity contribution is -0.120. The van der Waals surface area contributed by atoms with E-state index in [2.05, 4.69) is 10.3 Å². The monoisotopic (exact) mass is 350 g/mol. The van der Waals surface area contributed by atoms with Crippen molar-refractivity contribution in [3.8, 4) is 5.75 Å². The van der Waals surface area contributed by atoms with Crippen LogP contribution in [0.2, 0.25) is 0 Å². The Morgan fingerprint density at radius 1 is 1.08 bits per heavy atom. The van der Waals surface area contributed by atoms with Gasteiger partial charge in [0.1, 0.15) is 5.75 Å². The SMILES string of the molecule is COc1ccc(CCNC(=O)Cc2ccc3[nH]c(=O)c(C)cc3c2)cc1. The number of carbonyl (C=O) groups excluding carboxylic acids is 1. The summed E-state index contributed by atoms with van der Waals surface area (Å²) in [6.45, 7) is 2.36. The predicted octanol–water partition coefficient (Wildman–Crippen LogP) is 2.75. The zero-order valence-corrected chi connectivity index (χ0v) is 15.0. The molecule has 0 bridgehead atoms. The van der Waals surface area contributed by atoms with Crippen LogP contribution in [0.25, 0.3) is 10.9 Å². The molecule has 0 unspecified atom stereocenters. The van der Waals surface area contributed by atoms with Crippen molar-refractivity contribution in [3.05, 3.63) is 75.6 Å². The van der Waals surface area contributed by atoms with E-state index < -0.39 is 0 Å². The van der Waals surface area contributed by atoms with E-state index in [1.54, 1.807) is 14.0 Å². The topological polar surface area (TPSA) is 71.2 Å².